The summed E-state index contributed by atoms with van der Waals surface area (Å²) in [6, 6.07) is 12.7. The summed E-state index contributed by atoms with van der Waals surface area (Å²) in [6.07, 6.45) is 1.54. The lowest BCUT2D eigenvalue weighted by molar-refractivity contribution is 0.311. The number of nitrogens with one attached hydrogen (secondary N) is 1. The average molecular weight is 445 g/mol. The van der Waals surface area contributed by atoms with Gasteiger partial charge in [-0.15, -0.1) is 5.10 Å². The molecule has 0 radical (unpaired) electrons. The van der Waals surface area contributed by atoms with E-state index in [1.54, 1.807) is 37.4 Å². The molecule has 33 heavy (non-hydrogen) atoms. The van der Waals surface area contributed by atoms with Crippen LogP contribution in [0.3, 0.4) is 0 Å². The zero-order valence-corrected chi connectivity index (χ0v) is 17.7. The highest BCUT2D eigenvalue weighted by molar-refractivity contribution is 5.69. The number of aliphatic hydroxyl groups is 1. The molecule has 0 unspecified atom stereocenters. The zero-order chi connectivity index (χ0) is 23.4. The number of pyridine rings is 1. The largest absolute Gasteiger partial charge is 0.395 e. The molecule has 166 valence electrons. The van der Waals surface area contributed by atoms with Gasteiger partial charge in [0.25, 0.3) is 0 Å². The van der Waals surface area contributed by atoms with Crippen LogP contribution in [0.2, 0.25) is 0 Å². The smallest absolute Gasteiger partial charge is 0.193 e. The van der Waals surface area contributed by atoms with E-state index in [1.165, 1.54) is 4.68 Å². The van der Waals surface area contributed by atoms with Gasteiger partial charge < -0.3 is 16.2 Å². The Balaban J connectivity index is 1.65. The number of nitrogens with zero attached hydrogens (tertiary/aromatic N) is 7. The molecule has 11 heteroatoms. The second-order valence-corrected chi connectivity index (χ2v) is 7.15. The van der Waals surface area contributed by atoms with Gasteiger partial charge in [-0.1, -0.05) is 23.4 Å². The summed E-state index contributed by atoms with van der Waals surface area (Å²) in [5, 5.41) is 29.3. The van der Waals surface area contributed by atoms with E-state index in [2.05, 4.69) is 36.7 Å². The maximum absolute atomic E-state index is 14.8. The fourth-order valence-corrected chi connectivity index (χ4v) is 3.25. The highest BCUT2D eigenvalue weighted by atomic mass is 19.1. The van der Waals surface area contributed by atoms with Crippen molar-refractivity contribution >= 4 is 11.6 Å². The molecule has 0 saturated heterocycles. The Bertz CT molecular complexity index is 1350. The van der Waals surface area contributed by atoms with Gasteiger partial charge in [0.2, 0.25) is 0 Å². The highest BCUT2D eigenvalue weighted by Crippen LogP contribution is 2.28. The molecule has 0 spiro atoms. The van der Waals surface area contributed by atoms with E-state index in [0.29, 0.717) is 41.3 Å². The Labute approximate surface area is 188 Å². The number of rotatable bonds is 7. The van der Waals surface area contributed by atoms with E-state index in [1.807, 2.05) is 12.1 Å². The van der Waals surface area contributed by atoms with Crippen molar-refractivity contribution in [3.05, 3.63) is 65.2 Å². The first-order valence-electron chi connectivity index (χ1n) is 10.0. The number of halogens is 1. The van der Waals surface area contributed by atoms with Gasteiger partial charge in [0.05, 0.1) is 36.7 Å². The summed E-state index contributed by atoms with van der Waals surface area (Å²) in [4.78, 5) is 12.8. The first-order chi connectivity index (χ1) is 16.0. The van der Waals surface area contributed by atoms with E-state index in [0.717, 1.165) is 0 Å². The number of anilines is 2. The Hall–Kier alpha value is -4.43. The topological polar surface area (TPSA) is 151 Å². The molecular formula is C22H20FN9O. The lowest BCUT2D eigenvalue weighted by Gasteiger charge is -2.09. The highest BCUT2D eigenvalue weighted by Gasteiger charge is 2.19. The summed E-state index contributed by atoms with van der Waals surface area (Å²) in [5.41, 5.74) is 8.33. The van der Waals surface area contributed by atoms with Crippen molar-refractivity contribution in [3.63, 3.8) is 0 Å². The van der Waals surface area contributed by atoms with Gasteiger partial charge in [-0.3, -0.25) is 0 Å². The summed E-state index contributed by atoms with van der Waals surface area (Å²) >= 11 is 0. The van der Waals surface area contributed by atoms with Crippen LogP contribution in [0.5, 0.6) is 0 Å². The normalized spacial score (nSPS) is 10.7. The number of nitrogens with two attached hydrogens (primary N) is 1. The van der Waals surface area contributed by atoms with Crippen molar-refractivity contribution in [1.29, 1.82) is 5.26 Å². The molecule has 0 saturated carbocycles. The molecule has 0 fully saturated rings. The molecule has 3 heterocycles. The number of nitrogen functional groups attached to an aromatic ring is 1. The van der Waals surface area contributed by atoms with Crippen molar-refractivity contribution in [1.82, 2.24) is 29.9 Å². The summed E-state index contributed by atoms with van der Waals surface area (Å²) in [6.45, 7) is 2.44. The van der Waals surface area contributed by atoms with Gasteiger partial charge in [0, 0.05) is 12.1 Å². The maximum atomic E-state index is 14.8. The van der Waals surface area contributed by atoms with Crippen molar-refractivity contribution in [3.8, 4) is 28.8 Å². The third-order valence-corrected chi connectivity index (χ3v) is 4.90. The third kappa shape index (κ3) is 4.60. The molecule has 0 bridgehead atoms. The van der Waals surface area contributed by atoms with Crippen LogP contribution in [0.15, 0.2) is 42.6 Å². The number of benzene rings is 1. The predicted octanol–water partition coefficient (Wildman–Crippen LogP) is 2.15. The number of hydrogen-bond acceptors (Lipinski definition) is 9. The second kappa shape index (κ2) is 9.37. The van der Waals surface area contributed by atoms with Crippen LogP contribution >= 0.6 is 0 Å². The summed E-state index contributed by atoms with van der Waals surface area (Å²) in [7, 11) is 0. The Kier molecular flexibility index (Phi) is 6.19. The minimum absolute atomic E-state index is 0.00566. The first kappa shape index (κ1) is 21.8. The number of aromatic nitrogens is 6. The summed E-state index contributed by atoms with van der Waals surface area (Å²) in [5.74, 6) is -0.308. The van der Waals surface area contributed by atoms with E-state index in [9.17, 15) is 9.65 Å². The van der Waals surface area contributed by atoms with Gasteiger partial charge in [-0.05, 0) is 30.7 Å². The number of hydrogen-bond donors (Lipinski definition) is 3. The average Bonchev–Trinajstić information content (AvgIpc) is 3.28. The van der Waals surface area contributed by atoms with E-state index < -0.39 is 5.82 Å². The minimum Gasteiger partial charge on any atom is -0.395 e. The molecule has 4 aromatic rings. The maximum Gasteiger partial charge on any atom is 0.193 e. The van der Waals surface area contributed by atoms with Crippen molar-refractivity contribution in [2.75, 3.05) is 24.2 Å². The molecule has 4 rings (SSSR count). The van der Waals surface area contributed by atoms with Crippen LogP contribution in [-0.2, 0) is 6.54 Å². The van der Waals surface area contributed by atoms with Crippen LogP contribution < -0.4 is 11.1 Å². The van der Waals surface area contributed by atoms with E-state index in [-0.39, 0.29) is 29.6 Å². The van der Waals surface area contributed by atoms with Crippen molar-refractivity contribution < 1.29 is 9.50 Å². The van der Waals surface area contributed by atoms with Gasteiger partial charge in [0.1, 0.15) is 17.2 Å². The zero-order valence-electron chi connectivity index (χ0n) is 17.7. The molecule has 0 amide bonds. The minimum atomic E-state index is -0.798. The number of aliphatic hydroxyl groups excluding tert-OH is 1. The van der Waals surface area contributed by atoms with Gasteiger partial charge in [0.15, 0.2) is 17.5 Å². The monoisotopic (exact) mass is 445 g/mol. The molecule has 3 aromatic heterocycles. The van der Waals surface area contributed by atoms with Gasteiger partial charge >= 0.3 is 0 Å². The molecule has 0 aliphatic heterocycles. The summed E-state index contributed by atoms with van der Waals surface area (Å²) < 4.78 is 16.3. The van der Waals surface area contributed by atoms with Crippen LogP contribution in [-0.4, -0.2) is 48.2 Å². The van der Waals surface area contributed by atoms with E-state index in [4.69, 9.17) is 10.8 Å². The lowest BCUT2D eigenvalue weighted by Crippen LogP contribution is -2.09. The number of nitriles is 1. The fourth-order valence-electron chi connectivity index (χ4n) is 3.25. The molecule has 0 aliphatic carbocycles. The predicted molar refractivity (Wildman–Crippen MR) is 119 cm³/mol. The Morgan fingerprint density at radius 1 is 1.18 bits per heavy atom. The SMILES string of the molecule is Cc1c(C#N)cccc1-c1nc(N)c(F)c(-c2cn(Cc3cccc(NCCO)n3)nn2)n1. The third-order valence-electron chi connectivity index (χ3n) is 4.90. The first-order valence-corrected chi connectivity index (χ1v) is 10.0. The van der Waals surface area contributed by atoms with Crippen LogP contribution in [0.25, 0.3) is 22.8 Å². The van der Waals surface area contributed by atoms with Crippen molar-refractivity contribution in [2.45, 2.75) is 13.5 Å². The Morgan fingerprint density at radius 3 is 2.79 bits per heavy atom. The van der Waals surface area contributed by atoms with Gasteiger partial charge in [-0.2, -0.15) is 5.26 Å². The standard InChI is InChI=1S/C22H20FN9O/c1-13-14(10-24)4-2-6-16(13)22-28-20(19(23)21(25)29-22)17-12-32(31-30-17)11-15-5-3-7-18(27-15)26-8-9-33/h2-7,12,33H,8-9,11H2,1H3,(H,26,27)(H2,25,28,29). The molecule has 0 aliphatic rings. The molecule has 10 nitrogen and oxygen atoms in total. The second-order valence-electron chi connectivity index (χ2n) is 7.15. The van der Waals surface area contributed by atoms with Gasteiger partial charge in [-0.25, -0.2) is 24.0 Å². The quantitative estimate of drug-likeness (QED) is 0.388. The van der Waals surface area contributed by atoms with Crippen LogP contribution in [0.4, 0.5) is 16.0 Å². The van der Waals surface area contributed by atoms with E-state index >= 15 is 0 Å². The fraction of sp³-hybridized carbons (Fsp3) is 0.182. The molecule has 4 N–H and O–H groups in total. The van der Waals surface area contributed by atoms with Crippen LogP contribution in [0, 0.1) is 24.1 Å². The molecular weight excluding hydrogens is 425 g/mol. The Morgan fingerprint density at radius 2 is 2.00 bits per heavy atom. The lowest BCUT2D eigenvalue weighted by atomic mass is 10.0. The molecule has 1 aromatic carbocycles. The van der Waals surface area contributed by atoms with Crippen LogP contribution in [0.1, 0.15) is 16.8 Å². The molecule has 0 atom stereocenters. The van der Waals surface area contributed by atoms with Crippen molar-refractivity contribution in [2.24, 2.45) is 0 Å².